The van der Waals surface area contributed by atoms with Gasteiger partial charge in [-0.1, -0.05) is 24.3 Å². The molecule has 18 heavy (non-hydrogen) atoms. The van der Waals surface area contributed by atoms with Crippen molar-refractivity contribution in [3.63, 3.8) is 0 Å². The van der Waals surface area contributed by atoms with Gasteiger partial charge >= 0.3 is 5.97 Å². The molecule has 0 unspecified atom stereocenters. The van der Waals surface area contributed by atoms with Crippen LogP contribution in [0.4, 0.5) is 5.69 Å². The molecule has 1 amide bonds. The summed E-state index contributed by atoms with van der Waals surface area (Å²) in [4.78, 5) is 24.6. The van der Waals surface area contributed by atoms with Gasteiger partial charge in [-0.3, -0.25) is 14.5 Å². The summed E-state index contributed by atoms with van der Waals surface area (Å²) in [7, 11) is 0. The van der Waals surface area contributed by atoms with E-state index in [0.29, 0.717) is 5.56 Å². The summed E-state index contributed by atoms with van der Waals surface area (Å²) in [5.41, 5.74) is 1.46. The standard InChI is InChI=1S/C14H11NO3/c1-9(16)18-8-15-12-7-3-5-10-4-2-6-11(13(10)12)14(15)17/h2-7H,8H2,1H3. The van der Waals surface area contributed by atoms with Crippen LogP contribution in [0.1, 0.15) is 17.3 Å². The molecule has 0 fully saturated rings. The summed E-state index contributed by atoms with van der Waals surface area (Å²) in [6.07, 6.45) is 0. The number of ether oxygens (including phenoxy) is 1. The fourth-order valence-corrected chi connectivity index (χ4v) is 2.26. The predicted octanol–water partition coefficient (Wildman–Crippen LogP) is 2.32. The van der Waals surface area contributed by atoms with Gasteiger partial charge in [-0.05, 0) is 17.5 Å². The normalized spacial score (nSPS) is 13.2. The van der Waals surface area contributed by atoms with Gasteiger partial charge in [0.15, 0.2) is 6.73 Å². The van der Waals surface area contributed by atoms with Crippen LogP contribution in [0.25, 0.3) is 10.8 Å². The Morgan fingerprint density at radius 3 is 2.67 bits per heavy atom. The Morgan fingerprint density at radius 1 is 1.22 bits per heavy atom. The number of amides is 1. The molecule has 0 saturated heterocycles. The van der Waals surface area contributed by atoms with E-state index in [-0.39, 0.29) is 12.6 Å². The van der Waals surface area contributed by atoms with Gasteiger partial charge in [-0.25, -0.2) is 0 Å². The molecule has 0 N–H and O–H groups in total. The highest BCUT2D eigenvalue weighted by Crippen LogP contribution is 2.36. The van der Waals surface area contributed by atoms with Gasteiger partial charge in [0.25, 0.3) is 5.91 Å². The Kier molecular flexibility index (Phi) is 2.30. The molecule has 1 aliphatic rings. The van der Waals surface area contributed by atoms with E-state index in [1.807, 2.05) is 30.3 Å². The molecular formula is C14H11NO3. The van der Waals surface area contributed by atoms with E-state index in [2.05, 4.69) is 0 Å². The van der Waals surface area contributed by atoms with E-state index >= 15 is 0 Å². The molecule has 2 aromatic carbocycles. The molecule has 3 rings (SSSR count). The number of carbonyl (C=O) groups is 2. The van der Waals surface area contributed by atoms with Gasteiger partial charge in [-0.15, -0.1) is 0 Å². The maximum atomic E-state index is 12.2. The highest BCUT2D eigenvalue weighted by Gasteiger charge is 2.29. The van der Waals surface area contributed by atoms with Crippen LogP contribution in [-0.2, 0) is 9.53 Å². The summed E-state index contributed by atoms with van der Waals surface area (Å²) in [6, 6.07) is 11.3. The third-order valence-corrected chi connectivity index (χ3v) is 3.05. The first-order valence-corrected chi connectivity index (χ1v) is 5.65. The van der Waals surface area contributed by atoms with E-state index < -0.39 is 5.97 Å². The van der Waals surface area contributed by atoms with Crippen molar-refractivity contribution in [2.24, 2.45) is 0 Å². The van der Waals surface area contributed by atoms with Gasteiger partial charge in [-0.2, -0.15) is 0 Å². The molecule has 1 aliphatic heterocycles. The minimum atomic E-state index is -0.397. The van der Waals surface area contributed by atoms with E-state index in [1.165, 1.54) is 11.8 Å². The second-order valence-electron chi connectivity index (χ2n) is 4.18. The average Bonchev–Trinajstić information content (AvgIpc) is 2.63. The Bertz CT molecular complexity index is 658. The summed E-state index contributed by atoms with van der Waals surface area (Å²) < 4.78 is 4.92. The molecular weight excluding hydrogens is 230 g/mol. The molecule has 0 atom stereocenters. The van der Waals surface area contributed by atoms with Crippen LogP contribution in [0.5, 0.6) is 0 Å². The number of hydrogen-bond acceptors (Lipinski definition) is 3. The number of carbonyl (C=O) groups excluding carboxylic acids is 2. The molecule has 1 heterocycles. The van der Waals surface area contributed by atoms with Crippen LogP contribution in [0.2, 0.25) is 0 Å². The lowest BCUT2D eigenvalue weighted by atomic mass is 10.1. The van der Waals surface area contributed by atoms with Crippen LogP contribution in [0, 0.1) is 0 Å². The highest BCUT2D eigenvalue weighted by atomic mass is 16.5. The maximum absolute atomic E-state index is 12.2. The molecule has 0 aliphatic carbocycles. The van der Waals surface area contributed by atoms with Crippen molar-refractivity contribution in [3.05, 3.63) is 42.0 Å². The fourth-order valence-electron chi connectivity index (χ4n) is 2.26. The predicted molar refractivity (Wildman–Crippen MR) is 67.4 cm³/mol. The largest absolute Gasteiger partial charge is 0.444 e. The fraction of sp³-hybridized carbons (Fsp3) is 0.143. The summed E-state index contributed by atoms with van der Waals surface area (Å²) in [5, 5.41) is 1.95. The minimum Gasteiger partial charge on any atom is -0.444 e. The Labute approximate surface area is 104 Å². The first kappa shape index (κ1) is 10.8. The molecule has 0 radical (unpaired) electrons. The lowest BCUT2D eigenvalue weighted by molar-refractivity contribution is -0.140. The van der Waals surface area contributed by atoms with Gasteiger partial charge in [0.2, 0.25) is 0 Å². The van der Waals surface area contributed by atoms with Crippen LogP contribution in [-0.4, -0.2) is 18.6 Å². The summed E-state index contributed by atoms with van der Waals surface area (Å²) in [5.74, 6) is -0.519. The number of anilines is 1. The Morgan fingerprint density at radius 2 is 1.94 bits per heavy atom. The number of benzene rings is 2. The molecule has 4 heteroatoms. The summed E-state index contributed by atoms with van der Waals surface area (Å²) in [6.45, 7) is 1.29. The van der Waals surface area contributed by atoms with Crippen LogP contribution in [0.15, 0.2) is 36.4 Å². The van der Waals surface area contributed by atoms with Crippen molar-refractivity contribution in [1.29, 1.82) is 0 Å². The number of rotatable bonds is 2. The molecule has 0 spiro atoms. The van der Waals surface area contributed by atoms with Crippen molar-refractivity contribution in [2.45, 2.75) is 6.92 Å². The average molecular weight is 241 g/mol. The van der Waals surface area contributed by atoms with Crippen molar-refractivity contribution < 1.29 is 14.3 Å². The molecule has 0 bridgehead atoms. The van der Waals surface area contributed by atoms with Crippen LogP contribution < -0.4 is 4.90 Å². The summed E-state index contributed by atoms with van der Waals surface area (Å²) >= 11 is 0. The van der Waals surface area contributed by atoms with Crippen molar-refractivity contribution in [1.82, 2.24) is 0 Å². The highest BCUT2D eigenvalue weighted by molar-refractivity contribution is 6.24. The first-order chi connectivity index (χ1) is 8.68. The van der Waals surface area contributed by atoms with Crippen molar-refractivity contribution in [2.75, 3.05) is 11.6 Å². The third kappa shape index (κ3) is 1.46. The first-order valence-electron chi connectivity index (χ1n) is 5.65. The maximum Gasteiger partial charge on any atom is 0.304 e. The molecule has 0 aromatic heterocycles. The quantitative estimate of drug-likeness (QED) is 0.758. The lowest BCUT2D eigenvalue weighted by Gasteiger charge is -2.16. The van der Waals surface area contributed by atoms with Gasteiger partial charge in [0.1, 0.15) is 0 Å². The topological polar surface area (TPSA) is 46.6 Å². The van der Waals surface area contributed by atoms with Gasteiger partial charge < -0.3 is 4.74 Å². The zero-order valence-corrected chi connectivity index (χ0v) is 9.84. The van der Waals surface area contributed by atoms with E-state index in [1.54, 1.807) is 6.07 Å². The molecule has 0 saturated carbocycles. The van der Waals surface area contributed by atoms with E-state index in [9.17, 15) is 9.59 Å². The second kappa shape index (κ2) is 3.84. The van der Waals surface area contributed by atoms with E-state index in [0.717, 1.165) is 16.5 Å². The zero-order valence-electron chi connectivity index (χ0n) is 9.84. The minimum absolute atomic E-state index is 0.0397. The monoisotopic (exact) mass is 241 g/mol. The lowest BCUT2D eigenvalue weighted by Crippen LogP contribution is -2.30. The zero-order chi connectivity index (χ0) is 12.7. The SMILES string of the molecule is CC(=O)OCN1C(=O)c2cccc3cccc1c23. The second-order valence-corrected chi connectivity index (χ2v) is 4.18. The third-order valence-electron chi connectivity index (χ3n) is 3.05. The smallest absolute Gasteiger partial charge is 0.304 e. The van der Waals surface area contributed by atoms with Crippen LogP contribution >= 0.6 is 0 Å². The van der Waals surface area contributed by atoms with Gasteiger partial charge in [0.05, 0.1) is 5.69 Å². The van der Waals surface area contributed by atoms with Crippen LogP contribution in [0.3, 0.4) is 0 Å². The van der Waals surface area contributed by atoms with Crippen molar-refractivity contribution in [3.8, 4) is 0 Å². The molecule has 4 nitrogen and oxygen atoms in total. The Balaban J connectivity index is 2.10. The molecule has 2 aromatic rings. The van der Waals surface area contributed by atoms with Crippen molar-refractivity contribution >= 4 is 28.3 Å². The number of esters is 1. The number of hydrogen-bond donors (Lipinski definition) is 0. The number of nitrogens with zero attached hydrogens (tertiary/aromatic N) is 1. The Hall–Kier alpha value is -2.36. The van der Waals surface area contributed by atoms with Gasteiger partial charge in [0, 0.05) is 17.9 Å². The van der Waals surface area contributed by atoms with E-state index in [4.69, 9.17) is 4.74 Å². The molecule has 90 valence electrons.